The van der Waals surface area contributed by atoms with Crippen LogP contribution in [-0.2, 0) is 11.3 Å². The normalized spacial score (nSPS) is 15.7. The number of anilines is 1. The second kappa shape index (κ2) is 8.06. The van der Waals surface area contributed by atoms with Crippen molar-refractivity contribution >= 4 is 35.2 Å². The molecule has 2 aliphatic heterocycles. The summed E-state index contributed by atoms with van der Waals surface area (Å²) in [5, 5.41) is 5.68. The van der Waals surface area contributed by atoms with Crippen molar-refractivity contribution in [3.05, 3.63) is 59.2 Å². The van der Waals surface area contributed by atoms with E-state index in [-0.39, 0.29) is 17.7 Å². The number of fused-ring (bicyclic) bond motifs is 1. The molecule has 0 spiro atoms. The Bertz CT molecular complexity index is 921. The Kier molecular flexibility index (Phi) is 5.34. The van der Waals surface area contributed by atoms with Crippen molar-refractivity contribution in [3.8, 4) is 0 Å². The number of hydrogen-bond acceptors (Lipinski definition) is 4. The van der Waals surface area contributed by atoms with Crippen LogP contribution in [0.25, 0.3) is 0 Å². The standard InChI is InChI=1S/C21H21N3O3S/c25-19-13-28-18-8-7-16(11-17(18)23-19)20(26)22-12-14-3-5-15(6-4-14)21(27)24-9-1-2-10-24/h3-8,11H,1-2,9-10,12-13H2,(H,22,26)(H,23,25). The zero-order valence-corrected chi connectivity index (χ0v) is 16.2. The predicted octanol–water partition coefficient (Wildman–Crippen LogP) is 2.90. The summed E-state index contributed by atoms with van der Waals surface area (Å²) in [6.45, 7) is 2.03. The summed E-state index contributed by atoms with van der Waals surface area (Å²) in [5.41, 5.74) is 2.79. The number of nitrogens with zero attached hydrogens (tertiary/aromatic N) is 1. The molecule has 3 amide bonds. The molecule has 0 saturated carbocycles. The van der Waals surface area contributed by atoms with Gasteiger partial charge in [0.1, 0.15) is 0 Å². The number of hydrogen-bond donors (Lipinski definition) is 2. The van der Waals surface area contributed by atoms with E-state index in [0.29, 0.717) is 29.1 Å². The van der Waals surface area contributed by atoms with Gasteiger partial charge >= 0.3 is 0 Å². The van der Waals surface area contributed by atoms with E-state index in [1.165, 1.54) is 11.8 Å². The minimum Gasteiger partial charge on any atom is -0.348 e. The number of rotatable bonds is 4. The van der Waals surface area contributed by atoms with Gasteiger partial charge in [-0.2, -0.15) is 0 Å². The highest BCUT2D eigenvalue weighted by molar-refractivity contribution is 8.00. The molecule has 0 atom stereocenters. The Labute approximate surface area is 167 Å². The van der Waals surface area contributed by atoms with Crippen molar-refractivity contribution in [3.63, 3.8) is 0 Å². The fourth-order valence-electron chi connectivity index (χ4n) is 3.38. The number of likely N-dealkylation sites (tertiary alicyclic amines) is 1. The van der Waals surface area contributed by atoms with Crippen LogP contribution in [0.4, 0.5) is 5.69 Å². The molecule has 2 aliphatic rings. The van der Waals surface area contributed by atoms with Gasteiger partial charge in [0, 0.05) is 35.7 Å². The summed E-state index contributed by atoms with van der Waals surface area (Å²) >= 11 is 1.47. The van der Waals surface area contributed by atoms with Crippen LogP contribution in [0.3, 0.4) is 0 Å². The summed E-state index contributed by atoms with van der Waals surface area (Å²) in [6.07, 6.45) is 2.14. The van der Waals surface area contributed by atoms with Gasteiger partial charge in [-0.3, -0.25) is 14.4 Å². The maximum atomic E-state index is 12.4. The molecule has 4 rings (SSSR count). The fraction of sp³-hybridized carbons (Fsp3) is 0.286. The van der Waals surface area contributed by atoms with E-state index < -0.39 is 0 Å². The number of thioether (sulfide) groups is 1. The third-order valence-corrected chi connectivity index (χ3v) is 6.00. The zero-order valence-electron chi connectivity index (χ0n) is 15.4. The topological polar surface area (TPSA) is 78.5 Å². The molecular weight excluding hydrogens is 374 g/mol. The average molecular weight is 395 g/mol. The van der Waals surface area contributed by atoms with Crippen molar-refractivity contribution in [1.82, 2.24) is 10.2 Å². The minimum atomic E-state index is -0.204. The summed E-state index contributed by atoms with van der Waals surface area (Å²) in [5.74, 6) is 0.208. The summed E-state index contributed by atoms with van der Waals surface area (Å²) < 4.78 is 0. The van der Waals surface area contributed by atoms with Gasteiger partial charge < -0.3 is 15.5 Å². The molecule has 2 heterocycles. The van der Waals surface area contributed by atoms with Crippen LogP contribution in [0.1, 0.15) is 39.1 Å². The molecule has 0 bridgehead atoms. The second-order valence-corrected chi connectivity index (χ2v) is 7.94. The molecule has 0 aromatic heterocycles. The van der Waals surface area contributed by atoms with Gasteiger partial charge in [-0.05, 0) is 48.7 Å². The van der Waals surface area contributed by atoms with Gasteiger partial charge in [0.2, 0.25) is 5.91 Å². The first-order valence-electron chi connectivity index (χ1n) is 9.33. The van der Waals surface area contributed by atoms with E-state index in [1.807, 2.05) is 35.2 Å². The molecule has 0 unspecified atom stereocenters. The Morgan fingerprint density at radius 3 is 2.50 bits per heavy atom. The number of carbonyl (C=O) groups is 3. The summed E-state index contributed by atoms with van der Waals surface area (Å²) in [4.78, 5) is 39.2. The van der Waals surface area contributed by atoms with E-state index in [1.54, 1.807) is 12.1 Å². The molecule has 0 aliphatic carbocycles. The Morgan fingerprint density at radius 1 is 1.04 bits per heavy atom. The molecule has 1 saturated heterocycles. The largest absolute Gasteiger partial charge is 0.348 e. The summed E-state index contributed by atoms with van der Waals surface area (Å²) in [7, 11) is 0. The van der Waals surface area contributed by atoms with Crippen LogP contribution in [0, 0.1) is 0 Å². The molecule has 1 fully saturated rings. The maximum absolute atomic E-state index is 12.4. The van der Waals surface area contributed by atoms with Gasteiger partial charge in [-0.25, -0.2) is 0 Å². The van der Waals surface area contributed by atoms with E-state index in [2.05, 4.69) is 10.6 Å². The van der Waals surface area contributed by atoms with Crippen molar-refractivity contribution in [1.29, 1.82) is 0 Å². The second-order valence-electron chi connectivity index (χ2n) is 6.93. The monoisotopic (exact) mass is 395 g/mol. The van der Waals surface area contributed by atoms with Crippen molar-refractivity contribution in [2.75, 3.05) is 24.2 Å². The van der Waals surface area contributed by atoms with Gasteiger partial charge in [-0.15, -0.1) is 11.8 Å². The SMILES string of the molecule is O=C1CSc2ccc(C(=O)NCc3ccc(C(=O)N4CCCC4)cc3)cc2N1. The molecule has 2 aromatic carbocycles. The first-order valence-corrected chi connectivity index (χ1v) is 10.3. The van der Waals surface area contributed by atoms with Crippen LogP contribution in [0.2, 0.25) is 0 Å². The van der Waals surface area contributed by atoms with Crippen LogP contribution >= 0.6 is 11.8 Å². The molecule has 144 valence electrons. The Balaban J connectivity index is 1.36. The molecule has 6 nitrogen and oxygen atoms in total. The third kappa shape index (κ3) is 4.04. The van der Waals surface area contributed by atoms with Gasteiger partial charge in [0.25, 0.3) is 11.8 Å². The predicted molar refractivity (Wildman–Crippen MR) is 109 cm³/mol. The highest BCUT2D eigenvalue weighted by Crippen LogP contribution is 2.31. The van der Waals surface area contributed by atoms with Crippen molar-refractivity contribution in [2.45, 2.75) is 24.3 Å². The van der Waals surface area contributed by atoms with E-state index in [0.717, 1.165) is 36.4 Å². The first kappa shape index (κ1) is 18.6. The zero-order chi connectivity index (χ0) is 19.5. The molecule has 0 radical (unpaired) electrons. The van der Waals surface area contributed by atoms with Crippen LogP contribution in [-0.4, -0.2) is 41.5 Å². The Hall–Kier alpha value is -2.80. The maximum Gasteiger partial charge on any atom is 0.253 e. The number of benzene rings is 2. The van der Waals surface area contributed by atoms with Crippen molar-refractivity contribution in [2.24, 2.45) is 0 Å². The number of nitrogens with one attached hydrogen (secondary N) is 2. The molecule has 2 aromatic rings. The minimum absolute atomic E-state index is 0.0568. The van der Waals surface area contributed by atoms with E-state index >= 15 is 0 Å². The fourth-order valence-corrected chi connectivity index (χ4v) is 4.17. The smallest absolute Gasteiger partial charge is 0.253 e. The molecule has 28 heavy (non-hydrogen) atoms. The van der Waals surface area contributed by atoms with Crippen LogP contribution in [0.15, 0.2) is 47.4 Å². The quantitative estimate of drug-likeness (QED) is 0.834. The highest BCUT2D eigenvalue weighted by Gasteiger charge is 2.19. The Morgan fingerprint density at radius 2 is 1.75 bits per heavy atom. The van der Waals surface area contributed by atoms with Gasteiger partial charge in [0.05, 0.1) is 11.4 Å². The molecule has 2 N–H and O–H groups in total. The number of amides is 3. The summed E-state index contributed by atoms with van der Waals surface area (Å²) in [6, 6.07) is 12.7. The highest BCUT2D eigenvalue weighted by atomic mass is 32.2. The van der Waals surface area contributed by atoms with Gasteiger partial charge in [-0.1, -0.05) is 12.1 Å². The van der Waals surface area contributed by atoms with Crippen LogP contribution in [0.5, 0.6) is 0 Å². The lowest BCUT2D eigenvalue weighted by molar-refractivity contribution is -0.113. The lowest BCUT2D eigenvalue weighted by Crippen LogP contribution is -2.27. The molecule has 7 heteroatoms. The van der Waals surface area contributed by atoms with Crippen LogP contribution < -0.4 is 10.6 Å². The average Bonchev–Trinajstić information content (AvgIpc) is 3.26. The molecular formula is C21H21N3O3S. The van der Waals surface area contributed by atoms with Crippen molar-refractivity contribution < 1.29 is 14.4 Å². The third-order valence-electron chi connectivity index (χ3n) is 4.92. The van der Waals surface area contributed by atoms with E-state index in [4.69, 9.17) is 0 Å². The number of carbonyl (C=O) groups excluding carboxylic acids is 3. The lowest BCUT2D eigenvalue weighted by atomic mass is 10.1. The van der Waals surface area contributed by atoms with Gasteiger partial charge in [0.15, 0.2) is 0 Å². The van der Waals surface area contributed by atoms with E-state index in [9.17, 15) is 14.4 Å². The lowest BCUT2D eigenvalue weighted by Gasteiger charge is -2.17. The first-order chi connectivity index (χ1) is 13.6.